The molecule has 3 rings (SSSR count). The van der Waals surface area contributed by atoms with Gasteiger partial charge in [0.05, 0.1) is 0 Å². The van der Waals surface area contributed by atoms with E-state index in [0.29, 0.717) is 0 Å². The molecule has 1 unspecified atom stereocenters. The van der Waals surface area contributed by atoms with Crippen molar-refractivity contribution in [2.24, 2.45) is 0 Å². The van der Waals surface area contributed by atoms with Crippen LogP contribution in [0.3, 0.4) is 0 Å². The summed E-state index contributed by atoms with van der Waals surface area (Å²) in [4.78, 5) is 0. The van der Waals surface area contributed by atoms with E-state index in [1.54, 1.807) is 7.11 Å². The molecule has 2 heteroatoms. The van der Waals surface area contributed by atoms with E-state index < -0.39 is 5.79 Å². The standard InChI is InChI=1S/C13H16O2/c1-14-13(11-7-3-2-4-8-11)12(15-13)9-5-6-10-12/h2-4,7-8H,5-6,9-10H2,1H3. The Morgan fingerprint density at radius 2 is 1.80 bits per heavy atom. The second kappa shape index (κ2) is 3.06. The minimum absolute atomic E-state index is 0.0108. The molecule has 80 valence electrons. The molecule has 15 heavy (non-hydrogen) atoms. The Morgan fingerprint density at radius 1 is 1.13 bits per heavy atom. The fourth-order valence-electron chi connectivity index (χ4n) is 2.95. The van der Waals surface area contributed by atoms with Crippen molar-refractivity contribution in [1.29, 1.82) is 0 Å². The first-order valence-corrected chi connectivity index (χ1v) is 5.64. The van der Waals surface area contributed by atoms with E-state index in [-0.39, 0.29) is 5.60 Å². The van der Waals surface area contributed by atoms with Gasteiger partial charge in [-0.25, -0.2) is 0 Å². The predicted octanol–water partition coefficient (Wildman–Crippen LogP) is 2.83. The molecule has 1 aromatic rings. The minimum atomic E-state index is -0.440. The monoisotopic (exact) mass is 204 g/mol. The molecule has 0 radical (unpaired) electrons. The van der Waals surface area contributed by atoms with Crippen LogP contribution >= 0.6 is 0 Å². The Morgan fingerprint density at radius 3 is 2.40 bits per heavy atom. The maximum absolute atomic E-state index is 5.97. The highest BCUT2D eigenvalue weighted by molar-refractivity contribution is 5.31. The van der Waals surface area contributed by atoms with E-state index in [2.05, 4.69) is 12.1 Å². The molecule has 1 saturated carbocycles. The second-order valence-electron chi connectivity index (χ2n) is 4.49. The average Bonchev–Trinajstić information content (AvgIpc) is 2.67. The SMILES string of the molecule is COC1(c2ccccc2)OC12CCCC2. The lowest BCUT2D eigenvalue weighted by Gasteiger charge is -2.14. The number of methoxy groups -OCH3 is 1. The van der Waals surface area contributed by atoms with Crippen LogP contribution in [0.1, 0.15) is 31.2 Å². The summed E-state index contributed by atoms with van der Waals surface area (Å²) < 4.78 is 11.6. The summed E-state index contributed by atoms with van der Waals surface area (Å²) in [6.07, 6.45) is 4.79. The van der Waals surface area contributed by atoms with Crippen molar-refractivity contribution in [1.82, 2.24) is 0 Å². The van der Waals surface area contributed by atoms with Gasteiger partial charge in [0.25, 0.3) is 0 Å². The Balaban J connectivity index is 1.97. The summed E-state index contributed by atoms with van der Waals surface area (Å²) in [6.45, 7) is 0. The van der Waals surface area contributed by atoms with Gasteiger partial charge in [-0.15, -0.1) is 0 Å². The topological polar surface area (TPSA) is 21.8 Å². The van der Waals surface area contributed by atoms with E-state index in [0.717, 1.165) is 18.4 Å². The quantitative estimate of drug-likeness (QED) is 0.691. The number of epoxide rings is 1. The molecule has 1 heterocycles. The maximum Gasteiger partial charge on any atom is 0.225 e. The van der Waals surface area contributed by atoms with E-state index >= 15 is 0 Å². The molecular weight excluding hydrogens is 188 g/mol. The van der Waals surface area contributed by atoms with Gasteiger partial charge in [0.15, 0.2) is 0 Å². The molecule has 1 spiro atoms. The molecular formula is C13H16O2. The van der Waals surface area contributed by atoms with Crippen molar-refractivity contribution in [2.75, 3.05) is 7.11 Å². The molecule has 2 aliphatic rings. The largest absolute Gasteiger partial charge is 0.347 e. The average molecular weight is 204 g/mol. The number of rotatable bonds is 2. The van der Waals surface area contributed by atoms with Crippen LogP contribution in [-0.2, 0) is 15.3 Å². The summed E-state index contributed by atoms with van der Waals surface area (Å²) in [5, 5.41) is 0. The summed E-state index contributed by atoms with van der Waals surface area (Å²) in [7, 11) is 1.75. The molecule has 1 aromatic carbocycles. The van der Waals surface area contributed by atoms with Gasteiger partial charge in [-0.3, -0.25) is 0 Å². The Labute approximate surface area is 90.2 Å². The van der Waals surface area contributed by atoms with Crippen LogP contribution in [0, 0.1) is 0 Å². The van der Waals surface area contributed by atoms with Gasteiger partial charge in [0.2, 0.25) is 5.79 Å². The van der Waals surface area contributed by atoms with Gasteiger partial charge in [-0.05, 0) is 12.8 Å². The molecule has 1 saturated heterocycles. The lowest BCUT2D eigenvalue weighted by Crippen LogP contribution is -2.23. The van der Waals surface area contributed by atoms with Crippen LogP contribution in [0.2, 0.25) is 0 Å². The molecule has 0 N–H and O–H groups in total. The number of hydrogen-bond acceptors (Lipinski definition) is 2. The molecule has 0 bridgehead atoms. The van der Waals surface area contributed by atoms with Gasteiger partial charge in [-0.2, -0.15) is 0 Å². The first-order valence-electron chi connectivity index (χ1n) is 5.64. The van der Waals surface area contributed by atoms with Crippen molar-refractivity contribution in [3.05, 3.63) is 35.9 Å². The summed E-state index contributed by atoms with van der Waals surface area (Å²) >= 11 is 0. The third kappa shape index (κ3) is 1.12. The third-order valence-corrected chi connectivity index (χ3v) is 3.75. The second-order valence-corrected chi connectivity index (χ2v) is 4.49. The highest BCUT2D eigenvalue weighted by atomic mass is 16.8. The molecule has 1 aliphatic carbocycles. The molecule has 0 aromatic heterocycles. The predicted molar refractivity (Wildman–Crippen MR) is 57.4 cm³/mol. The van der Waals surface area contributed by atoms with Crippen LogP contribution < -0.4 is 0 Å². The summed E-state index contributed by atoms with van der Waals surface area (Å²) in [6, 6.07) is 10.3. The number of benzene rings is 1. The molecule has 1 aliphatic heterocycles. The zero-order valence-electron chi connectivity index (χ0n) is 9.03. The van der Waals surface area contributed by atoms with E-state index in [9.17, 15) is 0 Å². The third-order valence-electron chi connectivity index (χ3n) is 3.75. The van der Waals surface area contributed by atoms with Gasteiger partial charge in [0.1, 0.15) is 5.60 Å². The highest BCUT2D eigenvalue weighted by Crippen LogP contribution is 2.63. The van der Waals surface area contributed by atoms with Gasteiger partial charge < -0.3 is 9.47 Å². The molecule has 2 fully saturated rings. The maximum atomic E-state index is 5.97. The first kappa shape index (κ1) is 9.37. The Bertz CT molecular complexity index is 354. The van der Waals surface area contributed by atoms with Crippen molar-refractivity contribution in [3.8, 4) is 0 Å². The van der Waals surface area contributed by atoms with Crippen molar-refractivity contribution >= 4 is 0 Å². The molecule has 2 nitrogen and oxygen atoms in total. The van der Waals surface area contributed by atoms with Gasteiger partial charge >= 0.3 is 0 Å². The van der Waals surface area contributed by atoms with Crippen molar-refractivity contribution < 1.29 is 9.47 Å². The van der Waals surface area contributed by atoms with E-state index in [1.807, 2.05) is 18.2 Å². The van der Waals surface area contributed by atoms with E-state index in [4.69, 9.17) is 9.47 Å². The zero-order chi connectivity index (χ0) is 10.4. The highest BCUT2D eigenvalue weighted by Gasteiger charge is 2.72. The van der Waals surface area contributed by atoms with Gasteiger partial charge in [-0.1, -0.05) is 43.2 Å². The molecule has 1 atom stereocenters. The Hall–Kier alpha value is -0.860. The summed E-state index contributed by atoms with van der Waals surface area (Å²) in [5.74, 6) is -0.440. The molecule has 0 amide bonds. The van der Waals surface area contributed by atoms with Crippen LogP contribution in [0.4, 0.5) is 0 Å². The normalized spacial score (nSPS) is 32.1. The van der Waals surface area contributed by atoms with Crippen molar-refractivity contribution in [3.63, 3.8) is 0 Å². The fraction of sp³-hybridized carbons (Fsp3) is 0.538. The fourth-order valence-corrected chi connectivity index (χ4v) is 2.95. The first-order chi connectivity index (χ1) is 7.33. The van der Waals surface area contributed by atoms with Crippen LogP contribution in [-0.4, -0.2) is 12.7 Å². The Kier molecular flexibility index (Phi) is 1.91. The smallest absolute Gasteiger partial charge is 0.225 e. The number of hydrogen-bond donors (Lipinski definition) is 0. The number of ether oxygens (including phenoxy) is 2. The lowest BCUT2D eigenvalue weighted by molar-refractivity contribution is -0.0149. The lowest BCUT2D eigenvalue weighted by atomic mass is 9.94. The van der Waals surface area contributed by atoms with E-state index in [1.165, 1.54) is 12.8 Å². The zero-order valence-corrected chi connectivity index (χ0v) is 9.03. The van der Waals surface area contributed by atoms with Crippen LogP contribution in [0.25, 0.3) is 0 Å². The van der Waals surface area contributed by atoms with Gasteiger partial charge in [0, 0.05) is 12.7 Å². The van der Waals surface area contributed by atoms with Crippen LogP contribution in [0.5, 0.6) is 0 Å². The van der Waals surface area contributed by atoms with Crippen LogP contribution in [0.15, 0.2) is 30.3 Å². The van der Waals surface area contributed by atoms with Crippen molar-refractivity contribution in [2.45, 2.75) is 37.1 Å². The minimum Gasteiger partial charge on any atom is -0.347 e. The summed E-state index contributed by atoms with van der Waals surface area (Å²) in [5.41, 5.74) is 1.15.